The number of hydrogen-bond donors (Lipinski definition) is 0. The zero-order valence-electron chi connectivity index (χ0n) is 19.4. The normalized spacial score (nSPS) is 10.1. The minimum Gasteiger partial charge on any atom is -0.487 e. The summed E-state index contributed by atoms with van der Waals surface area (Å²) in [6.07, 6.45) is 0. The maximum absolute atomic E-state index is 11.9. The highest BCUT2D eigenvalue weighted by molar-refractivity contribution is 7.12. The number of thiophene rings is 2. The first-order valence-corrected chi connectivity index (χ1v) is 12.4. The standard InChI is InChI=1S/C14H15NO2S.C13H12O2S/c1-15(2)14(16)13-12(8-9-18-13)17-10-11-6-4-3-5-7-11;1-10(14)13-12(7-8-16-13)15-9-11-5-3-2-4-6-11/h3-9H,10H2,1-2H3;2-8H,9H2,1H3. The van der Waals surface area contributed by atoms with Crippen molar-refractivity contribution in [3.8, 4) is 11.5 Å². The number of hydrogen-bond acceptors (Lipinski definition) is 6. The molecule has 2 aromatic carbocycles. The Hall–Kier alpha value is -3.42. The van der Waals surface area contributed by atoms with Gasteiger partial charge in [0.15, 0.2) is 5.78 Å². The molecule has 2 aromatic heterocycles. The number of rotatable bonds is 8. The third kappa shape index (κ3) is 7.30. The summed E-state index contributed by atoms with van der Waals surface area (Å²) in [5.74, 6) is 1.37. The van der Waals surface area contributed by atoms with E-state index >= 15 is 0 Å². The van der Waals surface area contributed by atoms with Crippen molar-refractivity contribution >= 4 is 34.4 Å². The van der Waals surface area contributed by atoms with Crippen LogP contribution in [0, 0.1) is 0 Å². The highest BCUT2D eigenvalue weighted by Gasteiger charge is 2.16. The summed E-state index contributed by atoms with van der Waals surface area (Å²) >= 11 is 2.82. The number of ketones is 1. The van der Waals surface area contributed by atoms with Gasteiger partial charge < -0.3 is 14.4 Å². The van der Waals surface area contributed by atoms with E-state index in [1.807, 2.05) is 83.6 Å². The van der Waals surface area contributed by atoms with E-state index in [0.717, 1.165) is 11.1 Å². The Balaban J connectivity index is 0.000000192. The van der Waals surface area contributed by atoms with Gasteiger partial charge in [-0.3, -0.25) is 9.59 Å². The molecule has 176 valence electrons. The molecule has 0 saturated carbocycles. The quantitative estimate of drug-likeness (QED) is 0.261. The lowest BCUT2D eigenvalue weighted by Crippen LogP contribution is -2.21. The summed E-state index contributed by atoms with van der Waals surface area (Å²) in [5.41, 5.74) is 2.19. The van der Waals surface area contributed by atoms with Crippen molar-refractivity contribution in [2.24, 2.45) is 0 Å². The SMILES string of the molecule is CC(=O)c1sccc1OCc1ccccc1.CN(C)C(=O)c1sccc1OCc1ccccc1. The van der Waals surface area contributed by atoms with Crippen LogP contribution in [-0.2, 0) is 13.2 Å². The van der Waals surface area contributed by atoms with Gasteiger partial charge in [0.05, 0.1) is 0 Å². The summed E-state index contributed by atoms with van der Waals surface area (Å²) in [7, 11) is 3.48. The molecular formula is C27H27NO4S2. The number of Topliss-reactive ketones (excluding diaryl/α,β-unsaturated/α-hetero) is 1. The van der Waals surface area contributed by atoms with Gasteiger partial charge >= 0.3 is 0 Å². The van der Waals surface area contributed by atoms with Crippen molar-refractivity contribution in [2.75, 3.05) is 14.1 Å². The van der Waals surface area contributed by atoms with Gasteiger partial charge in [0.1, 0.15) is 34.5 Å². The van der Waals surface area contributed by atoms with Crippen LogP contribution in [0.2, 0.25) is 0 Å². The molecule has 0 aliphatic heterocycles. The van der Waals surface area contributed by atoms with Crippen molar-refractivity contribution in [3.63, 3.8) is 0 Å². The van der Waals surface area contributed by atoms with Crippen molar-refractivity contribution in [1.29, 1.82) is 0 Å². The van der Waals surface area contributed by atoms with E-state index in [9.17, 15) is 9.59 Å². The monoisotopic (exact) mass is 493 g/mol. The number of amides is 1. The Labute approximate surface area is 208 Å². The summed E-state index contributed by atoms with van der Waals surface area (Å²) in [5, 5.41) is 3.74. The zero-order chi connectivity index (χ0) is 24.3. The predicted octanol–water partition coefficient (Wildman–Crippen LogP) is 6.56. The Morgan fingerprint density at radius 2 is 1.15 bits per heavy atom. The van der Waals surface area contributed by atoms with Gasteiger partial charge in [0, 0.05) is 21.0 Å². The molecule has 0 aliphatic rings. The molecule has 0 saturated heterocycles. The fourth-order valence-electron chi connectivity index (χ4n) is 2.91. The van der Waals surface area contributed by atoms with Crippen molar-refractivity contribution in [1.82, 2.24) is 4.90 Å². The van der Waals surface area contributed by atoms with Gasteiger partial charge in [0.25, 0.3) is 5.91 Å². The van der Waals surface area contributed by atoms with Gasteiger partial charge in [-0.2, -0.15) is 0 Å². The van der Waals surface area contributed by atoms with Crippen molar-refractivity contribution in [2.45, 2.75) is 20.1 Å². The van der Waals surface area contributed by atoms with Gasteiger partial charge in [-0.15, -0.1) is 22.7 Å². The van der Waals surface area contributed by atoms with E-state index in [0.29, 0.717) is 34.5 Å². The van der Waals surface area contributed by atoms with E-state index in [1.54, 1.807) is 25.9 Å². The van der Waals surface area contributed by atoms with Crippen LogP contribution in [0.4, 0.5) is 0 Å². The first-order valence-electron chi connectivity index (χ1n) is 10.7. The third-order valence-corrected chi connectivity index (χ3v) is 6.53. The van der Waals surface area contributed by atoms with Crippen LogP contribution in [0.3, 0.4) is 0 Å². The van der Waals surface area contributed by atoms with Crippen LogP contribution in [0.25, 0.3) is 0 Å². The molecule has 0 atom stereocenters. The average molecular weight is 494 g/mol. The lowest BCUT2D eigenvalue weighted by molar-refractivity contribution is 0.0827. The molecule has 4 aromatic rings. The number of carbonyl (C=O) groups is 2. The van der Waals surface area contributed by atoms with Crippen LogP contribution in [0.15, 0.2) is 83.6 Å². The Kier molecular flexibility index (Phi) is 9.43. The lowest BCUT2D eigenvalue weighted by atomic mass is 10.2. The topological polar surface area (TPSA) is 55.8 Å². The molecule has 4 rings (SSSR count). The summed E-state index contributed by atoms with van der Waals surface area (Å²) in [6, 6.07) is 23.5. The van der Waals surface area contributed by atoms with Gasteiger partial charge in [-0.05, 0) is 34.0 Å². The predicted molar refractivity (Wildman–Crippen MR) is 138 cm³/mol. The molecule has 0 aliphatic carbocycles. The molecule has 7 heteroatoms. The second-order valence-corrected chi connectivity index (χ2v) is 9.36. The summed E-state index contributed by atoms with van der Waals surface area (Å²) in [6.45, 7) is 2.53. The van der Waals surface area contributed by atoms with Crippen LogP contribution in [-0.4, -0.2) is 30.7 Å². The Morgan fingerprint density at radius 3 is 1.59 bits per heavy atom. The van der Waals surface area contributed by atoms with Crippen LogP contribution >= 0.6 is 22.7 Å². The number of benzene rings is 2. The Bertz CT molecular complexity index is 1180. The van der Waals surface area contributed by atoms with E-state index in [2.05, 4.69) is 0 Å². The second-order valence-electron chi connectivity index (χ2n) is 7.53. The fourth-order valence-corrected chi connectivity index (χ4v) is 4.50. The van der Waals surface area contributed by atoms with Gasteiger partial charge in [0.2, 0.25) is 0 Å². The first kappa shape index (κ1) is 25.2. The minimum absolute atomic E-state index is 0.0203. The average Bonchev–Trinajstić information content (AvgIpc) is 3.52. The number of carbonyl (C=O) groups excluding carboxylic acids is 2. The Morgan fingerprint density at radius 1 is 0.706 bits per heavy atom. The van der Waals surface area contributed by atoms with E-state index in [-0.39, 0.29) is 11.7 Å². The molecule has 2 heterocycles. The molecule has 0 spiro atoms. The van der Waals surface area contributed by atoms with Crippen LogP contribution < -0.4 is 9.47 Å². The van der Waals surface area contributed by atoms with Gasteiger partial charge in [-0.1, -0.05) is 60.7 Å². The molecule has 1 amide bonds. The minimum atomic E-state index is -0.0203. The van der Waals surface area contributed by atoms with E-state index < -0.39 is 0 Å². The summed E-state index contributed by atoms with van der Waals surface area (Å²) in [4.78, 5) is 26.1. The molecule has 0 bridgehead atoms. The number of nitrogens with zero attached hydrogens (tertiary/aromatic N) is 1. The highest BCUT2D eigenvalue weighted by atomic mass is 32.1. The summed E-state index contributed by atoms with van der Waals surface area (Å²) < 4.78 is 11.3. The molecule has 34 heavy (non-hydrogen) atoms. The van der Waals surface area contributed by atoms with Crippen molar-refractivity contribution < 1.29 is 19.1 Å². The fraction of sp³-hybridized carbons (Fsp3) is 0.185. The highest BCUT2D eigenvalue weighted by Crippen LogP contribution is 2.27. The zero-order valence-corrected chi connectivity index (χ0v) is 21.0. The van der Waals surface area contributed by atoms with Crippen LogP contribution in [0.1, 0.15) is 37.4 Å². The lowest BCUT2D eigenvalue weighted by Gasteiger charge is -2.11. The largest absolute Gasteiger partial charge is 0.487 e. The van der Waals surface area contributed by atoms with E-state index in [4.69, 9.17) is 9.47 Å². The number of ether oxygens (including phenoxy) is 2. The molecule has 0 unspecified atom stereocenters. The smallest absolute Gasteiger partial charge is 0.267 e. The molecule has 5 nitrogen and oxygen atoms in total. The van der Waals surface area contributed by atoms with Crippen molar-refractivity contribution in [3.05, 3.63) is 104 Å². The molecule has 0 radical (unpaired) electrons. The second kappa shape index (κ2) is 12.7. The first-order chi connectivity index (χ1) is 16.5. The molecule has 0 N–H and O–H groups in total. The maximum atomic E-state index is 11.9. The molecule has 0 fully saturated rings. The van der Waals surface area contributed by atoms with E-state index in [1.165, 1.54) is 22.7 Å². The van der Waals surface area contributed by atoms with Crippen LogP contribution in [0.5, 0.6) is 11.5 Å². The molecular weight excluding hydrogens is 466 g/mol. The third-order valence-electron chi connectivity index (χ3n) is 4.65. The maximum Gasteiger partial charge on any atom is 0.267 e. The van der Waals surface area contributed by atoms with Gasteiger partial charge in [-0.25, -0.2) is 0 Å².